The van der Waals surface area contributed by atoms with Gasteiger partial charge in [-0.2, -0.15) is 0 Å². The van der Waals surface area contributed by atoms with Crippen molar-refractivity contribution in [1.29, 1.82) is 0 Å². The molecule has 3 aromatic rings. The zero-order valence-electron chi connectivity index (χ0n) is 21.3. The number of esters is 2. The summed E-state index contributed by atoms with van der Waals surface area (Å²) in [7, 11) is -1.41. The zero-order valence-corrected chi connectivity index (χ0v) is 22.9. The van der Waals surface area contributed by atoms with Crippen molar-refractivity contribution in [3.05, 3.63) is 70.7 Å². The van der Waals surface area contributed by atoms with Crippen molar-refractivity contribution in [2.75, 3.05) is 25.5 Å². The smallest absolute Gasteiger partial charge is 0.309 e. The van der Waals surface area contributed by atoms with Crippen LogP contribution in [0.25, 0.3) is 10.8 Å². The Hall–Kier alpha value is -3.58. The predicted molar refractivity (Wildman–Crippen MR) is 147 cm³/mol. The summed E-state index contributed by atoms with van der Waals surface area (Å²) in [6.45, 7) is 2.37. The lowest BCUT2D eigenvalue weighted by atomic mass is 9.98. The monoisotopic (exact) mass is 556 g/mol. The van der Waals surface area contributed by atoms with E-state index in [0.29, 0.717) is 22.9 Å². The number of methoxy groups -OCH3 is 2. The number of nitrogens with one attached hydrogen (secondary N) is 2. The molecular formula is C28H29ClN2O6S. The molecule has 2 N–H and O–H groups in total. The van der Waals surface area contributed by atoms with Crippen molar-refractivity contribution >= 4 is 50.0 Å². The lowest BCUT2D eigenvalue weighted by Crippen LogP contribution is -2.27. The second-order valence-electron chi connectivity index (χ2n) is 8.76. The SMILES string of the molecule is C#C[C@H](NC[C@@H](C)CC(=O)OC)c1ccc(S(=O)(=O)Nc2ccc(CC(=O)OC)cc2Cl)c2ccccc12. The Kier molecular flexibility index (Phi) is 9.75. The van der Waals surface area contributed by atoms with E-state index >= 15 is 0 Å². The molecule has 0 amide bonds. The Morgan fingerprint density at radius 2 is 1.71 bits per heavy atom. The third-order valence-corrected chi connectivity index (χ3v) is 7.69. The normalized spacial score (nSPS) is 12.8. The minimum Gasteiger partial charge on any atom is -0.469 e. The van der Waals surface area contributed by atoms with Crippen molar-refractivity contribution in [3.8, 4) is 12.3 Å². The van der Waals surface area contributed by atoms with Crippen molar-refractivity contribution in [3.63, 3.8) is 0 Å². The number of fused-ring (bicyclic) bond motifs is 1. The Morgan fingerprint density at radius 1 is 1.03 bits per heavy atom. The van der Waals surface area contributed by atoms with Crippen LogP contribution in [0.15, 0.2) is 59.5 Å². The molecule has 0 aliphatic carbocycles. The highest BCUT2D eigenvalue weighted by Gasteiger charge is 2.22. The Balaban J connectivity index is 1.90. The van der Waals surface area contributed by atoms with Crippen molar-refractivity contribution in [2.24, 2.45) is 5.92 Å². The van der Waals surface area contributed by atoms with Crippen LogP contribution in [0.4, 0.5) is 5.69 Å². The second kappa shape index (κ2) is 12.8. The number of hydrogen-bond acceptors (Lipinski definition) is 7. The largest absolute Gasteiger partial charge is 0.469 e. The molecule has 0 fully saturated rings. The van der Waals surface area contributed by atoms with E-state index < -0.39 is 22.0 Å². The number of hydrogen-bond donors (Lipinski definition) is 2. The first kappa shape index (κ1) is 29.0. The maximum absolute atomic E-state index is 13.4. The Bertz CT molecular complexity index is 1480. The number of terminal acetylenes is 1. The quantitative estimate of drug-likeness (QED) is 0.265. The molecule has 0 aliphatic heterocycles. The maximum atomic E-state index is 13.4. The number of ether oxygens (including phenoxy) is 2. The van der Waals surface area contributed by atoms with Crippen LogP contribution in [-0.2, 0) is 35.5 Å². The fraction of sp³-hybridized carbons (Fsp3) is 0.286. The molecule has 0 unspecified atom stereocenters. The molecule has 0 spiro atoms. The van der Waals surface area contributed by atoms with E-state index in [1.165, 1.54) is 32.4 Å². The molecular weight excluding hydrogens is 528 g/mol. The van der Waals surface area contributed by atoms with Crippen molar-refractivity contribution in [2.45, 2.75) is 30.7 Å². The fourth-order valence-corrected chi connectivity index (χ4v) is 5.59. The number of benzene rings is 3. The minimum absolute atomic E-state index is 0.0151. The first-order chi connectivity index (χ1) is 18.1. The molecule has 0 radical (unpaired) electrons. The van der Waals surface area contributed by atoms with E-state index in [-0.39, 0.29) is 40.3 Å². The number of halogens is 1. The number of carbonyl (C=O) groups excluding carboxylic acids is 2. The summed E-state index contributed by atoms with van der Waals surface area (Å²) in [6, 6.07) is 14.4. The molecule has 0 saturated carbocycles. The van der Waals surface area contributed by atoms with Crippen LogP contribution in [0.5, 0.6) is 0 Å². The standard InChI is InChI=1S/C28H29ClN2O6S/c1-5-24(30-17-18(2)14-27(32)36-3)21-11-13-26(22-9-7-6-8-20(21)22)38(34,35)31-25-12-10-19(15-23(25)29)16-28(33)37-4/h1,6-13,15,18,24,30-31H,14,16-17H2,2-4H3/t18-,24-/m0/s1. The van der Waals surface area contributed by atoms with Crippen LogP contribution >= 0.6 is 11.6 Å². The van der Waals surface area contributed by atoms with Gasteiger partial charge < -0.3 is 9.47 Å². The first-order valence-corrected chi connectivity index (χ1v) is 13.6. The van der Waals surface area contributed by atoms with Gasteiger partial charge in [0.15, 0.2) is 0 Å². The van der Waals surface area contributed by atoms with E-state index in [4.69, 9.17) is 22.8 Å². The van der Waals surface area contributed by atoms with Crippen LogP contribution in [0.3, 0.4) is 0 Å². The van der Waals surface area contributed by atoms with Crippen molar-refractivity contribution in [1.82, 2.24) is 5.32 Å². The van der Waals surface area contributed by atoms with Gasteiger partial charge in [0.2, 0.25) is 0 Å². The highest BCUT2D eigenvalue weighted by molar-refractivity contribution is 7.93. The summed E-state index contributed by atoms with van der Waals surface area (Å²) in [5, 5.41) is 4.58. The minimum atomic E-state index is -4.04. The third kappa shape index (κ3) is 7.04. The molecule has 200 valence electrons. The molecule has 2 atom stereocenters. The molecule has 0 aliphatic rings. The fourth-order valence-electron chi connectivity index (χ4n) is 3.99. The van der Waals surface area contributed by atoms with Crippen molar-refractivity contribution < 1.29 is 27.5 Å². The van der Waals surface area contributed by atoms with Gasteiger partial charge in [-0.25, -0.2) is 8.42 Å². The van der Waals surface area contributed by atoms with Crippen LogP contribution < -0.4 is 10.0 Å². The van der Waals surface area contributed by atoms with Crippen LogP contribution in [-0.4, -0.2) is 41.1 Å². The Labute approximate surface area is 227 Å². The van der Waals surface area contributed by atoms with Gasteiger partial charge in [0.1, 0.15) is 0 Å². The van der Waals surface area contributed by atoms with Gasteiger partial charge in [-0.15, -0.1) is 6.42 Å². The molecule has 0 bridgehead atoms. The highest BCUT2D eigenvalue weighted by Crippen LogP contribution is 2.32. The van der Waals surface area contributed by atoms with E-state index in [0.717, 1.165) is 5.56 Å². The molecule has 8 nitrogen and oxygen atoms in total. The van der Waals surface area contributed by atoms with Crippen LogP contribution in [0.2, 0.25) is 5.02 Å². The summed E-state index contributed by atoms with van der Waals surface area (Å²) in [6.07, 6.45) is 6.09. The molecule has 0 heterocycles. The van der Waals surface area contributed by atoms with Gasteiger partial charge in [0.05, 0.1) is 42.3 Å². The van der Waals surface area contributed by atoms with Gasteiger partial charge in [-0.1, -0.05) is 60.8 Å². The predicted octanol–water partition coefficient (Wildman–Crippen LogP) is 4.47. The highest BCUT2D eigenvalue weighted by atomic mass is 35.5. The average molecular weight is 557 g/mol. The van der Waals surface area contributed by atoms with E-state index in [1.54, 1.807) is 30.3 Å². The second-order valence-corrected chi connectivity index (χ2v) is 10.8. The number of rotatable bonds is 11. The van der Waals surface area contributed by atoms with Gasteiger partial charge in [-0.05, 0) is 47.2 Å². The average Bonchev–Trinajstić information content (AvgIpc) is 2.90. The Morgan fingerprint density at radius 3 is 2.34 bits per heavy atom. The van der Waals surface area contributed by atoms with Gasteiger partial charge >= 0.3 is 11.9 Å². The lowest BCUT2D eigenvalue weighted by molar-refractivity contribution is -0.141. The summed E-state index contributed by atoms with van der Waals surface area (Å²) < 4.78 is 38.8. The lowest BCUT2D eigenvalue weighted by Gasteiger charge is -2.20. The summed E-state index contributed by atoms with van der Waals surface area (Å²) in [5.74, 6) is 1.97. The molecule has 3 rings (SSSR count). The molecule has 0 saturated heterocycles. The van der Waals surface area contributed by atoms with E-state index in [1.807, 2.05) is 13.0 Å². The molecule has 0 aromatic heterocycles. The van der Waals surface area contributed by atoms with Gasteiger partial charge in [0, 0.05) is 11.8 Å². The first-order valence-electron chi connectivity index (χ1n) is 11.8. The summed E-state index contributed by atoms with van der Waals surface area (Å²) in [4.78, 5) is 23.1. The topological polar surface area (TPSA) is 111 Å². The van der Waals surface area contributed by atoms with Gasteiger partial charge in [-0.3, -0.25) is 19.6 Å². The number of carbonyl (C=O) groups is 2. The molecule has 38 heavy (non-hydrogen) atoms. The number of sulfonamides is 1. The maximum Gasteiger partial charge on any atom is 0.309 e. The molecule has 3 aromatic carbocycles. The number of anilines is 1. The van der Waals surface area contributed by atoms with Gasteiger partial charge in [0.25, 0.3) is 10.0 Å². The third-order valence-electron chi connectivity index (χ3n) is 5.95. The summed E-state index contributed by atoms with van der Waals surface area (Å²) >= 11 is 6.32. The zero-order chi connectivity index (χ0) is 27.9. The van der Waals surface area contributed by atoms with E-state index in [9.17, 15) is 18.0 Å². The summed E-state index contributed by atoms with van der Waals surface area (Å²) in [5.41, 5.74) is 1.50. The molecule has 10 heteroatoms. The van der Waals surface area contributed by atoms with Crippen LogP contribution in [0, 0.1) is 18.3 Å². The van der Waals surface area contributed by atoms with Crippen LogP contribution in [0.1, 0.15) is 30.5 Å². The van der Waals surface area contributed by atoms with E-state index in [2.05, 4.69) is 20.7 Å².